The van der Waals surface area contributed by atoms with Crippen LogP contribution in [0.15, 0.2) is 60.1 Å². The van der Waals surface area contributed by atoms with E-state index in [1.807, 2.05) is 45.3 Å². The summed E-state index contributed by atoms with van der Waals surface area (Å²) in [6.45, 7) is 1.99. The van der Waals surface area contributed by atoms with Crippen molar-refractivity contribution in [1.29, 1.82) is 0 Å². The van der Waals surface area contributed by atoms with E-state index in [1.54, 1.807) is 6.20 Å². The fourth-order valence-electron chi connectivity index (χ4n) is 4.24. The first-order chi connectivity index (χ1) is 16.6. The second-order valence-electron chi connectivity index (χ2n) is 8.19. The minimum absolute atomic E-state index is 0.0393. The molecule has 0 bridgehead atoms. The highest BCUT2D eigenvalue weighted by Gasteiger charge is 2.29. The molecule has 1 aliphatic heterocycles. The van der Waals surface area contributed by atoms with Crippen LogP contribution in [0, 0.1) is 11.6 Å². The Balaban J connectivity index is 1.42. The number of carbonyl (C=O) groups is 1. The number of hydrogen-bond acceptors (Lipinski definition) is 5. The Kier molecular flexibility index (Phi) is 6.46. The Morgan fingerprint density at radius 1 is 1.06 bits per heavy atom. The maximum Gasteiger partial charge on any atom is 0.272 e. The molecule has 2 aromatic carbocycles. The summed E-state index contributed by atoms with van der Waals surface area (Å²) in [5.74, 6) is -1.41. The summed E-state index contributed by atoms with van der Waals surface area (Å²) < 4.78 is 30.4. The molecule has 6 nitrogen and oxygen atoms in total. The van der Waals surface area contributed by atoms with Crippen molar-refractivity contribution in [3.63, 3.8) is 0 Å². The molecule has 174 valence electrons. The molecule has 0 spiro atoms. The first-order valence-electron chi connectivity index (χ1n) is 11.0. The van der Waals surface area contributed by atoms with Crippen molar-refractivity contribution in [2.45, 2.75) is 32.6 Å². The van der Waals surface area contributed by atoms with Gasteiger partial charge >= 0.3 is 0 Å². The molecule has 0 saturated carbocycles. The summed E-state index contributed by atoms with van der Waals surface area (Å²) in [7, 11) is 0. The van der Waals surface area contributed by atoms with Crippen LogP contribution in [0.25, 0.3) is 0 Å². The lowest BCUT2D eigenvalue weighted by molar-refractivity contribution is 0.0942. The highest BCUT2D eigenvalue weighted by molar-refractivity contribution is 7.09. The van der Waals surface area contributed by atoms with Crippen LogP contribution in [0.2, 0.25) is 0 Å². The highest BCUT2D eigenvalue weighted by Crippen LogP contribution is 2.26. The summed E-state index contributed by atoms with van der Waals surface area (Å²) >= 11 is 1.47. The number of hydrogen-bond donors (Lipinski definition) is 1. The van der Waals surface area contributed by atoms with Crippen molar-refractivity contribution in [2.75, 3.05) is 6.54 Å². The molecular weight excluding hydrogens is 456 g/mol. The lowest BCUT2D eigenvalue weighted by Crippen LogP contribution is -2.33. The molecule has 1 N–H and O–H groups in total. The van der Waals surface area contributed by atoms with Crippen LogP contribution in [0.5, 0.6) is 0 Å². The Morgan fingerprint density at radius 3 is 2.59 bits per heavy atom. The molecule has 0 saturated heterocycles. The lowest BCUT2D eigenvalue weighted by Gasteiger charge is -2.28. The Morgan fingerprint density at radius 2 is 1.85 bits per heavy atom. The van der Waals surface area contributed by atoms with Crippen LogP contribution in [0.4, 0.5) is 8.78 Å². The fraction of sp³-hybridized carbons (Fsp3) is 0.240. The maximum absolute atomic E-state index is 14.2. The van der Waals surface area contributed by atoms with E-state index >= 15 is 0 Å². The molecule has 0 atom stereocenters. The molecule has 4 aromatic rings. The topological polar surface area (TPSA) is 63.1 Å². The molecule has 0 aliphatic carbocycles. The zero-order valence-electron chi connectivity index (χ0n) is 18.4. The van der Waals surface area contributed by atoms with Crippen LogP contribution in [0.1, 0.15) is 37.9 Å². The van der Waals surface area contributed by atoms with Crippen LogP contribution in [0.3, 0.4) is 0 Å². The minimum atomic E-state index is -0.563. The van der Waals surface area contributed by atoms with E-state index in [-0.39, 0.29) is 18.0 Å². The number of rotatable bonds is 7. The summed E-state index contributed by atoms with van der Waals surface area (Å²) in [5.41, 5.74) is 3.25. The van der Waals surface area contributed by atoms with Crippen molar-refractivity contribution >= 4 is 17.2 Å². The van der Waals surface area contributed by atoms with Crippen molar-refractivity contribution in [1.82, 2.24) is 25.0 Å². The molecule has 0 unspecified atom stereocenters. The summed E-state index contributed by atoms with van der Waals surface area (Å²) in [4.78, 5) is 19.3. The number of aromatic nitrogens is 3. The fourth-order valence-corrected chi connectivity index (χ4v) is 4.79. The van der Waals surface area contributed by atoms with Gasteiger partial charge in [-0.1, -0.05) is 36.4 Å². The maximum atomic E-state index is 14.2. The zero-order chi connectivity index (χ0) is 23.5. The SMILES string of the molecule is O=C(NCc1nccs1)c1nn(Cc2ccccc2)c2c1CN(Cc1c(F)cccc1F)CC2. The second kappa shape index (κ2) is 9.82. The van der Waals surface area contributed by atoms with Gasteiger partial charge in [-0.2, -0.15) is 5.10 Å². The smallest absolute Gasteiger partial charge is 0.272 e. The van der Waals surface area contributed by atoms with Crippen LogP contribution in [-0.4, -0.2) is 32.1 Å². The van der Waals surface area contributed by atoms with Crippen molar-refractivity contribution in [2.24, 2.45) is 0 Å². The number of amides is 1. The third-order valence-electron chi connectivity index (χ3n) is 5.93. The second-order valence-corrected chi connectivity index (χ2v) is 9.17. The van der Waals surface area contributed by atoms with Gasteiger partial charge < -0.3 is 5.32 Å². The predicted molar refractivity (Wildman–Crippen MR) is 125 cm³/mol. The Labute approximate surface area is 199 Å². The first kappa shape index (κ1) is 22.4. The van der Waals surface area contributed by atoms with E-state index in [0.717, 1.165) is 21.8 Å². The van der Waals surface area contributed by atoms with E-state index in [2.05, 4.69) is 15.4 Å². The number of benzene rings is 2. The molecule has 0 radical (unpaired) electrons. The zero-order valence-corrected chi connectivity index (χ0v) is 19.2. The van der Waals surface area contributed by atoms with Gasteiger partial charge in [0.15, 0.2) is 5.69 Å². The van der Waals surface area contributed by atoms with E-state index in [0.29, 0.717) is 38.3 Å². The van der Waals surface area contributed by atoms with Gasteiger partial charge in [0.05, 0.1) is 13.1 Å². The monoisotopic (exact) mass is 479 g/mol. The van der Waals surface area contributed by atoms with Crippen molar-refractivity contribution in [3.05, 3.63) is 105 Å². The largest absolute Gasteiger partial charge is 0.344 e. The van der Waals surface area contributed by atoms with Gasteiger partial charge in [-0.3, -0.25) is 14.4 Å². The quantitative estimate of drug-likeness (QED) is 0.433. The van der Waals surface area contributed by atoms with Gasteiger partial charge in [-0.05, 0) is 17.7 Å². The van der Waals surface area contributed by atoms with Gasteiger partial charge in [0, 0.05) is 54.5 Å². The molecule has 0 fully saturated rings. The van der Waals surface area contributed by atoms with Gasteiger partial charge in [-0.25, -0.2) is 13.8 Å². The third kappa shape index (κ3) is 4.76. The summed E-state index contributed by atoms with van der Waals surface area (Å²) in [6.07, 6.45) is 2.33. The van der Waals surface area contributed by atoms with E-state index < -0.39 is 11.6 Å². The van der Waals surface area contributed by atoms with E-state index in [4.69, 9.17) is 0 Å². The summed E-state index contributed by atoms with van der Waals surface area (Å²) in [5, 5.41) is 10.2. The van der Waals surface area contributed by atoms with Crippen LogP contribution >= 0.6 is 11.3 Å². The van der Waals surface area contributed by atoms with Gasteiger partial charge in [0.25, 0.3) is 5.91 Å². The Hall–Kier alpha value is -3.43. The number of nitrogens with zero attached hydrogens (tertiary/aromatic N) is 4. The van der Waals surface area contributed by atoms with Gasteiger partial charge in [-0.15, -0.1) is 11.3 Å². The van der Waals surface area contributed by atoms with Gasteiger partial charge in [0.1, 0.15) is 16.6 Å². The normalized spacial score (nSPS) is 13.6. The number of halogens is 2. The van der Waals surface area contributed by atoms with Gasteiger partial charge in [0.2, 0.25) is 0 Å². The summed E-state index contributed by atoms with van der Waals surface area (Å²) in [6, 6.07) is 13.8. The van der Waals surface area contributed by atoms with Crippen LogP contribution in [-0.2, 0) is 32.6 Å². The molecule has 1 aliphatic rings. The highest BCUT2D eigenvalue weighted by atomic mass is 32.1. The van der Waals surface area contributed by atoms with E-state index in [9.17, 15) is 13.6 Å². The molecule has 5 rings (SSSR count). The van der Waals surface area contributed by atoms with Crippen LogP contribution < -0.4 is 5.32 Å². The lowest BCUT2D eigenvalue weighted by atomic mass is 10.0. The van der Waals surface area contributed by atoms with Crippen molar-refractivity contribution in [3.8, 4) is 0 Å². The number of carbonyl (C=O) groups excluding carboxylic acids is 1. The third-order valence-corrected chi connectivity index (χ3v) is 6.71. The van der Waals surface area contributed by atoms with Crippen molar-refractivity contribution < 1.29 is 13.6 Å². The average Bonchev–Trinajstić information content (AvgIpc) is 3.49. The Bertz CT molecular complexity index is 1270. The number of nitrogens with one attached hydrogen (secondary N) is 1. The molecule has 2 aromatic heterocycles. The predicted octanol–water partition coefficient (Wildman–Crippen LogP) is 4.15. The van der Waals surface area contributed by atoms with E-state index in [1.165, 1.54) is 29.5 Å². The molecule has 9 heteroatoms. The minimum Gasteiger partial charge on any atom is -0.344 e. The molecule has 34 heavy (non-hydrogen) atoms. The molecular formula is C25H23F2N5OS. The average molecular weight is 480 g/mol. The molecule has 1 amide bonds. The number of thiazole rings is 1. The first-order valence-corrected chi connectivity index (χ1v) is 11.9. The molecule has 3 heterocycles. The standard InChI is InChI=1S/C25H23F2N5OS/c26-20-7-4-8-21(27)18(20)15-31-11-9-22-19(16-31)24(25(33)29-13-23-28-10-12-34-23)30-32(22)14-17-5-2-1-3-6-17/h1-8,10,12H,9,11,13-16H2,(H,29,33). The number of fused-ring (bicyclic) bond motifs is 1.